The van der Waals surface area contributed by atoms with E-state index in [1.54, 1.807) is 12.1 Å². The van der Waals surface area contributed by atoms with E-state index in [0.29, 0.717) is 5.69 Å². The fourth-order valence-corrected chi connectivity index (χ4v) is 3.45. The number of rotatable bonds is 6. The molecule has 0 aliphatic carbocycles. The van der Waals surface area contributed by atoms with E-state index in [1.807, 2.05) is 49.4 Å². The molecule has 4 nitrogen and oxygen atoms in total. The highest BCUT2D eigenvalue weighted by Gasteiger charge is 2.16. The molecule has 0 saturated carbocycles. The fourth-order valence-electron chi connectivity index (χ4n) is 2.09. The summed E-state index contributed by atoms with van der Waals surface area (Å²) in [4.78, 5) is 0. The molecule has 1 atom stereocenters. The Labute approximate surface area is 126 Å². The molecule has 0 heterocycles. The summed E-state index contributed by atoms with van der Waals surface area (Å²) < 4.78 is 26.9. The van der Waals surface area contributed by atoms with Crippen LogP contribution in [0, 0.1) is 0 Å². The lowest BCUT2D eigenvalue weighted by Gasteiger charge is -2.13. The van der Waals surface area contributed by atoms with Crippen LogP contribution in [-0.2, 0) is 16.6 Å². The Kier molecular flexibility index (Phi) is 4.98. The molecular formula is C16H20N2O2S. The van der Waals surface area contributed by atoms with E-state index >= 15 is 0 Å². The van der Waals surface area contributed by atoms with Crippen LogP contribution in [0.25, 0.3) is 0 Å². The SMILES string of the molecule is CC(CS(=O)(=O)NCc1ccc(N)cc1)c1ccccc1. The summed E-state index contributed by atoms with van der Waals surface area (Å²) in [5.41, 5.74) is 8.18. The van der Waals surface area contributed by atoms with Gasteiger partial charge in [-0.05, 0) is 29.2 Å². The number of nitrogen functional groups attached to an aromatic ring is 1. The van der Waals surface area contributed by atoms with Gasteiger partial charge in [0.15, 0.2) is 0 Å². The molecule has 2 aromatic carbocycles. The molecule has 2 rings (SSSR count). The van der Waals surface area contributed by atoms with Gasteiger partial charge < -0.3 is 5.73 Å². The average Bonchev–Trinajstić information content (AvgIpc) is 2.47. The minimum absolute atomic E-state index is 0.0462. The highest BCUT2D eigenvalue weighted by atomic mass is 32.2. The third-order valence-corrected chi connectivity index (χ3v) is 4.84. The molecule has 0 bridgehead atoms. The summed E-state index contributed by atoms with van der Waals surface area (Å²) in [7, 11) is -3.32. The molecule has 0 radical (unpaired) electrons. The molecule has 112 valence electrons. The monoisotopic (exact) mass is 304 g/mol. The van der Waals surface area contributed by atoms with Crippen molar-refractivity contribution < 1.29 is 8.42 Å². The summed E-state index contributed by atoms with van der Waals surface area (Å²) in [5, 5.41) is 0. The van der Waals surface area contributed by atoms with Crippen LogP contribution < -0.4 is 10.5 Å². The number of nitrogens with one attached hydrogen (secondary N) is 1. The van der Waals surface area contributed by atoms with Gasteiger partial charge in [0.25, 0.3) is 0 Å². The molecule has 1 unspecified atom stereocenters. The predicted molar refractivity (Wildman–Crippen MR) is 86.3 cm³/mol. The maximum atomic E-state index is 12.1. The Bertz CT molecular complexity index is 667. The Morgan fingerprint density at radius 2 is 1.67 bits per heavy atom. The highest BCUT2D eigenvalue weighted by molar-refractivity contribution is 7.89. The summed E-state index contributed by atoms with van der Waals surface area (Å²) in [6, 6.07) is 16.8. The fraction of sp³-hybridized carbons (Fsp3) is 0.250. The van der Waals surface area contributed by atoms with Crippen LogP contribution in [0.15, 0.2) is 54.6 Å². The second-order valence-corrected chi connectivity index (χ2v) is 7.01. The van der Waals surface area contributed by atoms with Crippen LogP contribution in [-0.4, -0.2) is 14.2 Å². The lowest BCUT2D eigenvalue weighted by Crippen LogP contribution is -2.28. The maximum Gasteiger partial charge on any atom is 0.212 e. The molecule has 5 heteroatoms. The second-order valence-electron chi connectivity index (χ2n) is 5.16. The Morgan fingerprint density at radius 1 is 1.05 bits per heavy atom. The molecule has 0 spiro atoms. The van der Waals surface area contributed by atoms with Gasteiger partial charge in [-0.25, -0.2) is 13.1 Å². The molecule has 0 fully saturated rings. The van der Waals surface area contributed by atoms with Crippen molar-refractivity contribution in [2.75, 3.05) is 11.5 Å². The van der Waals surface area contributed by atoms with E-state index in [-0.39, 0.29) is 18.2 Å². The van der Waals surface area contributed by atoms with Crippen LogP contribution in [0.3, 0.4) is 0 Å². The number of benzene rings is 2. The first-order valence-corrected chi connectivity index (χ1v) is 8.48. The Morgan fingerprint density at radius 3 is 2.29 bits per heavy atom. The Hall–Kier alpha value is -1.85. The standard InChI is InChI=1S/C16H20N2O2S/c1-13(15-5-3-2-4-6-15)12-21(19,20)18-11-14-7-9-16(17)10-8-14/h2-10,13,18H,11-12,17H2,1H3. The van der Waals surface area contributed by atoms with Crippen molar-refractivity contribution in [3.05, 3.63) is 65.7 Å². The van der Waals surface area contributed by atoms with E-state index < -0.39 is 10.0 Å². The van der Waals surface area contributed by atoms with E-state index in [0.717, 1.165) is 11.1 Å². The number of sulfonamides is 1. The van der Waals surface area contributed by atoms with Gasteiger partial charge in [-0.2, -0.15) is 0 Å². The van der Waals surface area contributed by atoms with Crippen molar-refractivity contribution in [2.24, 2.45) is 0 Å². The van der Waals surface area contributed by atoms with E-state index in [2.05, 4.69) is 4.72 Å². The zero-order chi connectivity index (χ0) is 15.3. The first kappa shape index (κ1) is 15.5. The Balaban J connectivity index is 1.94. The molecular weight excluding hydrogens is 284 g/mol. The largest absolute Gasteiger partial charge is 0.399 e. The van der Waals surface area contributed by atoms with Crippen LogP contribution in [0.5, 0.6) is 0 Å². The zero-order valence-electron chi connectivity index (χ0n) is 12.0. The van der Waals surface area contributed by atoms with E-state index in [4.69, 9.17) is 5.73 Å². The number of anilines is 1. The third-order valence-electron chi connectivity index (χ3n) is 3.31. The summed E-state index contributed by atoms with van der Waals surface area (Å²) in [6.45, 7) is 2.20. The first-order valence-electron chi connectivity index (χ1n) is 6.83. The minimum atomic E-state index is -3.32. The highest BCUT2D eigenvalue weighted by Crippen LogP contribution is 2.16. The maximum absolute atomic E-state index is 12.1. The van der Waals surface area contributed by atoms with Gasteiger partial charge in [0, 0.05) is 12.2 Å². The van der Waals surface area contributed by atoms with Gasteiger partial charge >= 0.3 is 0 Å². The normalized spacial score (nSPS) is 13.0. The van der Waals surface area contributed by atoms with Crippen LogP contribution in [0.4, 0.5) is 5.69 Å². The van der Waals surface area contributed by atoms with Gasteiger partial charge in [0.05, 0.1) is 5.75 Å². The first-order chi connectivity index (χ1) is 9.96. The molecule has 0 amide bonds. The average molecular weight is 304 g/mol. The molecule has 0 aromatic heterocycles. The van der Waals surface area contributed by atoms with Gasteiger partial charge in [-0.3, -0.25) is 0 Å². The summed E-state index contributed by atoms with van der Waals surface area (Å²) in [5.74, 6) is 0.0292. The van der Waals surface area contributed by atoms with Gasteiger partial charge in [-0.1, -0.05) is 49.4 Å². The van der Waals surface area contributed by atoms with Crippen molar-refractivity contribution in [1.82, 2.24) is 4.72 Å². The molecule has 2 aromatic rings. The van der Waals surface area contributed by atoms with Gasteiger partial charge in [-0.15, -0.1) is 0 Å². The van der Waals surface area contributed by atoms with Crippen molar-refractivity contribution in [3.63, 3.8) is 0 Å². The van der Waals surface area contributed by atoms with Gasteiger partial charge in [0.1, 0.15) is 0 Å². The number of nitrogens with two attached hydrogens (primary N) is 1. The van der Waals surface area contributed by atoms with Crippen molar-refractivity contribution >= 4 is 15.7 Å². The summed E-state index contributed by atoms with van der Waals surface area (Å²) >= 11 is 0. The topological polar surface area (TPSA) is 72.2 Å². The molecule has 3 N–H and O–H groups in total. The smallest absolute Gasteiger partial charge is 0.212 e. The van der Waals surface area contributed by atoms with Crippen molar-refractivity contribution in [1.29, 1.82) is 0 Å². The van der Waals surface area contributed by atoms with Crippen LogP contribution in [0.2, 0.25) is 0 Å². The van der Waals surface area contributed by atoms with Gasteiger partial charge in [0.2, 0.25) is 10.0 Å². The third kappa shape index (κ3) is 4.88. The van der Waals surface area contributed by atoms with Crippen LogP contribution >= 0.6 is 0 Å². The predicted octanol–water partition coefficient (Wildman–Crippen LogP) is 2.49. The second kappa shape index (κ2) is 6.74. The zero-order valence-corrected chi connectivity index (χ0v) is 12.8. The summed E-state index contributed by atoms with van der Waals surface area (Å²) in [6.07, 6.45) is 0. The lowest BCUT2D eigenvalue weighted by atomic mass is 10.0. The van der Waals surface area contributed by atoms with Crippen LogP contribution in [0.1, 0.15) is 24.0 Å². The molecule has 0 aliphatic heterocycles. The van der Waals surface area contributed by atoms with Crippen molar-refractivity contribution in [3.8, 4) is 0 Å². The molecule has 0 aliphatic rings. The molecule has 0 saturated heterocycles. The quantitative estimate of drug-likeness (QED) is 0.805. The van der Waals surface area contributed by atoms with E-state index in [9.17, 15) is 8.42 Å². The van der Waals surface area contributed by atoms with Crippen molar-refractivity contribution in [2.45, 2.75) is 19.4 Å². The molecule has 21 heavy (non-hydrogen) atoms. The minimum Gasteiger partial charge on any atom is -0.399 e. The van der Waals surface area contributed by atoms with E-state index in [1.165, 1.54) is 0 Å². The number of hydrogen-bond donors (Lipinski definition) is 2. The lowest BCUT2D eigenvalue weighted by molar-refractivity contribution is 0.575. The number of hydrogen-bond acceptors (Lipinski definition) is 3.